The van der Waals surface area contributed by atoms with Crippen LogP contribution in [-0.2, 0) is 9.59 Å². The number of fused-ring (bicyclic) bond motifs is 5. The van der Waals surface area contributed by atoms with Crippen LogP contribution >= 0.6 is 0 Å². The summed E-state index contributed by atoms with van der Waals surface area (Å²) in [5.41, 5.74) is 7.41. The van der Waals surface area contributed by atoms with Crippen molar-refractivity contribution in [2.75, 3.05) is 6.54 Å². The van der Waals surface area contributed by atoms with Crippen LogP contribution < -0.4 is 5.73 Å². The minimum Gasteiger partial charge on any atom is -0.324 e. The molecule has 0 heterocycles. The van der Waals surface area contributed by atoms with E-state index in [0.717, 1.165) is 38.5 Å². The van der Waals surface area contributed by atoms with Crippen LogP contribution in [0.15, 0.2) is 23.8 Å². The Kier molecular flexibility index (Phi) is 3.71. The largest absolute Gasteiger partial charge is 0.324 e. The van der Waals surface area contributed by atoms with Crippen molar-refractivity contribution in [2.45, 2.75) is 59.3 Å². The molecule has 136 valence electrons. The monoisotopic (exact) mass is 341 g/mol. The summed E-state index contributed by atoms with van der Waals surface area (Å²) in [5.74, 6) is 1.70. The number of allylic oxidation sites excluding steroid dienone is 4. The van der Waals surface area contributed by atoms with Gasteiger partial charge in [0.05, 0.1) is 6.54 Å². The van der Waals surface area contributed by atoms with Gasteiger partial charge in [-0.2, -0.15) is 0 Å². The molecule has 0 spiro atoms. The van der Waals surface area contributed by atoms with Gasteiger partial charge in [0.15, 0.2) is 5.78 Å². The molecule has 2 N–H and O–H groups in total. The van der Waals surface area contributed by atoms with Gasteiger partial charge in [0.25, 0.3) is 0 Å². The third-order valence-corrected chi connectivity index (χ3v) is 8.75. The molecule has 6 atom stereocenters. The van der Waals surface area contributed by atoms with E-state index in [4.69, 9.17) is 5.73 Å². The van der Waals surface area contributed by atoms with E-state index >= 15 is 0 Å². The molecule has 0 aromatic heterocycles. The van der Waals surface area contributed by atoms with Crippen LogP contribution in [0, 0.1) is 34.0 Å². The predicted molar refractivity (Wildman–Crippen MR) is 98.8 cm³/mol. The Morgan fingerprint density at radius 2 is 1.88 bits per heavy atom. The lowest BCUT2D eigenvalue weighted by Crippen LogP contribution is -2.56. The van der Waals surface area contributed by atoms with Crippen molar-refractivity contribution >= 4 is 11.6 Å². The Labute approximate surface area is 151 Å². The predicted octanol–water partition coefficient (Wildman–Crippen LogP) is 3.83. The molecular formula is C22H31NO2. The molecule has 4 aliphatic rings. The molecule has 0 saturated heterocycles. The molecule has 3 saturated carbocycles. The molecule has 0 aromatic carbocycles. The van der Waals surface area contributed by atoms with E-state index in [1.165, 1.54) is 5.57 Å². The first-order valence-electron chi connectivity index (χ1n) is 9.93. The van der Waals surface area contributed by atoms with Gasteiger partial charge in [0, 0.05) is 11.3 Å². The van der Waals surface area contributed by atoms with Crippen molar-refractivity contribution in [3.8, 4) is 0 Å². The van der Waals surface area contributed by atoms with Crippen LogP contribution in [-0.4, -0.2) is 18.1 Å². The lowest BCUT2D eigenvalue weighted by Gasteiger charge is -2.62. The topological polar surface area (TPSA) is 60.2 Å². The van der Waals surface area contributed by atoms with Gasteiger partial charge < -0.3 is 5.73 Å². The molecule has 0 bridgehead atoms. The highest BCUT2D eigenvalue weighted by atomic mass is 16.1. The number of rotatable bonds is 2. The summed E-state index contributed by atoms with van der Waals surface area (Å²) in [5, 5.41) is 0. The molecule has 0 aromatic rings. The van der Waals surface area contributed by atoms with Crippen molar-refractivity contribution in [1.82, 2.24) is 0 Å². The van der Waals surface area contributed by atoms with E-state index in [9.17, 15) is 9.59 Å². The van der Waals surface area contributed by atoms with Gasteiger partial charge in [-0.25, -0.2) is 0 Å². The number of carbonyl (C=O) groups excluding carboxylic acids is 2. The highest BCUT2D eigenvalue weighted by Crippen LogP contribution is 2.71. The molecule has 4 rings (SSSR count). The van der Waals surface area contributed by atoms with Gasteiger partial charge in [-0.05, 0) is 73.3 Å². The third kappa shape index (κ3) is 2.14. The summed E-state index contributed by atoms with van der Waals surface area (Å²) in [6.07, 6.45) is 12.4. The van der Waals surface area contributed by atoms with Gasteiger partial charge >= 0.3 is 0 Å². The van der Waals surface area contributed by atoms with Crippen LogP contribution in [0.2, 0.25) is 0 Å². The first-order valence-corrected chi connectivity index (χ1v) is 9.93. The van der Waals surface area contributed by atoms with Crippen LogP contribution in [0.4, 0.5) is 0 Å². The quantitative estimate of drug-likeness (QED) is 0.830. The van der Waals surface area contributed by atoms with E-state index < -0.39 is 0 Å². The Balaban J connectivity index is 1.73. The van der Waals surface area contributed by atoms with Crippen LogP contribution in [0.1, 0.15) is 59.3 Å². The Bertz CT molecular complexity index is 692. The van der Waals surface area contributed by atoms with Crippen LogP contribution in [0.25, 0.3) is 0 Å². The highest BCUT2D eigenvalue weighted by Gasteiger charge is 2.64. The molecule has 0 radical (unpaired) electrons. The number of carbonyl (C=O) groups is 2. The minimum absolute atomic E-state index is 0.0121. The summed E-state index contributed by atoms with van der Waals surface area (Å²) < 4.78 is 0. The number of nitrogens with two attached hydrogens (primary N) is 1. The molecule has 0 aliphatic heterocycles. The van der Waals surface area contributed by atoms with Gasteiger partial charge in [-0.3, -0.25) is 9.59 Å². The molecule has 6 unspecified atom stereocenters. The number of hydrogen-bond donors (Lipinski definition) is 1. The maximum atomic E-state index is 12.5. The van der Waals surface area contributed by atoms with Gasteiger partial charge in [0.1, 0.15) is 5.78 Å². The van der Waals surface area contributed by atoms with Gasteiger partial charge in [-0.15, -0.1) is 0 Å². The third-order valence-electron chi connectivity index (χ3n) is 8.75. The molecule has 0 amide bonds. The fourth-order valence-corrected chi connectivity index (χ4v) is 7.52. The van der Waals surface area contributed by atoms with E-state index in [0.29, 0.717) is 11.8 Å². The summed E-state index contributed by atoms with van der Waals surface area (Å²) >= 11 is 0. The summed E-state index contributed by atoms with van der Waals surface area (Å²) in [7, 11) is 0. The first kappa shape index (κ1) is 17.2. The summed E-state index contributed by atoms with van der Waals surface area (Å²) in [6.45, 7) is 7.35. The van der Waals surface area contributed by atoms with Crippen molar-refractivity contribution < 1.29 is 9.59 Å². The molecule has 4 aliphatic carbocycles. The van der Waals surface area contributed by atoms with Crippen molar-refractivity contribution in [1.29, 1.82) is 0 Å². The van der Waals surface area contributed by atoms with E-state index in [2.05, 4.69) is 26.8 Å². The van der Waals surface area contributed by atoms with Crippen molar-refractivity contribution in [2.24, 2.45) is 39.7 Å². The highest BCUT2D eigenvalue weighted by molar-refractivity contribution is 6.01. The maximum Gasteiger partial charge on any atom is 0.178 e. The lowest BCUT2D eigenvalue weighted by molar-refractivity contribution is -0.134. The normalized spacial score (nSPS) is 48.4. The minimum atomic E-state index is 0.0121. The van der Waals surface area contributed by atoms with E-state index in [1.54, 1.807) is 6.08 Å². The first-order chi connectivity index (χ1) is 11.8. The number of hydrogen-bond acceptors (Lipinski definition) is 3. The average Bonchev–Trinajstić information content (AvgIpc) is 2.93. The zero-order valence-corrected chi connectivity index (χ0v) is 15.8. The maximum absolute atomic E-state index is 12.5. The van der Waals surface area contributed by atoms with Crippen LogP contribution in [0.5, 0.6) is 0 Å². The summed E-state index contributed by atoms with van der Waals surface area (Å²) in [4.78, 5) is 24.4. The molecule has 3 heteroatoms. The second kappa shape index (κ2) is 5.39. The second-order valence-electron chi connectivity index (χ2n) is 9.64. The standard InChI is InChI=1S/C22H31NO2/c1-20-10-7-15(24)12-14(20)6-9-22(3)18-5-4-16(17(25)13-23)21(18,2)11-8-19(20)22/h7,10,12,16,18-19H,4-6,8-9,11,13,23H2,1-3H3. The number of ketones is 2. The fourth-order valence-electron chi connectivity index (χ4n) is 7.52. The molecular weight excluding hydrogens is 310 g/mol. The summed E-state index contributed by atoms with van der Waals surface area (Å²) in [6, 6.07) is 0. The molecule has 25 heavy (non-hydrogen) atoms. The Morgan fingerprint density at radius 1 is 1.12 bits per heavy atom. The smallest absolute Gasteiger partial charge is 0.178 e. The van der Waals surface area contributed by atoms with E-state index in [-0.39, 0.29) is 40.3 Å². The van der Waals surface area contributed by atoms with Crippen LogP contribution in [0.3, 0.4) is 0 Å². The van der Waals surface area contributed by atoms with Crippen molar-refractivity contribution in [3.63, 3.8) is 0 Å². The SMILES string of the molecule is CC12C=CC(=O)C=C1CCC1(C)C2CCC2(C)C(C(=O)CN)CCC21. The molecule has 3 nitrogen and oxygen atoms in total. The Morgan fingerprint density at radius 3 is 2.60 bits per heavy atom. The lowest BCUT2D eigenvalue weighted by atomic mass is 9.41. The van der Waals surface area contributed by atoms with Gasteiger partial charge in [0.2, 0.25) is 0 Å². The van der Waals surface area contributed by atoms with Crippen molar-refractivity contribution in [3.05, 3.63) is 23.8 Å². The second-order valence-corrected chi connectivity index (χ2v) is 9.64. The fraction of sp³-hybridized carbons (Fsp3) is 0.727. The van der Waals surface area contributed by atoms with E-state index in [1.807, 2.05) is 6.08 Å². The average molecular weight is 341 g/mol. The zero-order valence-electron chi connectivity index (χ0n) is 15.8. The molecule has 3 fully saturated rings. The Hall–Kier alpha value is -1.22. The number of Topliss-reactive ketones (excluding diaryl/α,β-unsaturated/α-hetero) is 1. The zero-order chi connectivity index (χ0) is 18.0. The van der Waals surface area contributed by atoms with Gasteiger partial charge in [-0.1, -0.05) is 32.4 Å².